The highest BCUT2D eigenvalue weighted by Gasteiger charge is 1.98. The Bertz CT molecular complexity index is 177. The van der Waals surface area contributed by atoms with E-state index in [-0.39, 0.29) is 0 Å². The molecule has 0 N–H and O–H groups in total. The molecule has 1 nitrogen and oxygen atoms in total. The Labute approximate surface area is 121 Å². The normalized spacial score (nSPS) is 12.5. The average molecular weight is 267 g/mol. The van der Waals surface area contributed by atoms with Gasteiger partial charge in [0.25, 0.3) is 0 Å². The van der Waals surface area contributed by atoms with Crippen LogP contribution in [0.5, 0.6) is 0 Å². The van der Waals surface area contributed by atoms with Crippen LogP contribution in [-0.4, -0.2) is 6.29 Å². The summed E-state index contributed by atoms with van der Waals surface area (Å²) in [6.07, 6.45) is 20.2. The zero-order valence-corrected chi connectivity index (χ0v) is 13.4. The van der Waals surface area contributed by atoms with Crippen molar-refractivity contribution in [2.45, 2.75) is 104 Å². The molecule has 0 saturated heterocycles. The van der Waals surface area contributed by atoms with E-state index in [2.05, 4.69) is 13.8 Å². The van der Waals surface area contributed by atoms with Crippen LogP contribution >= 0.6 is 0 Å². The standard InChI is InChI=1S/C18H35O/c1-3-18(2)16-14-12-10-8-6-4-5-7-9-11-13-15-17-19/h18H,3-16H2,1-2H3. The van der Waals surface area contributed by atoms with Gasteiger partial charge >= 0.3 is 0 Å². The summed E-state index contributed by atoms with van der Waals surface area (Å²) in [5.41, 5.74) is 0. The van der Waals surface area contributed by atoms with E-state index in [1.54, 1.807) is 0 Å². The summed E-state index contributed by atoms with van der Waals surface area (Å²) in [6, 6.07) is 0. The van der Waals surface area contributed by atoms with Crippen LogP contribution in [0.25, 0.3) is 0 Å². The first-order chi connectivity index (χ1) is 9.31. The van der Waals surface area contributed by atoms with Crippen LogP contribution < -0.4 is 0 Å². The third-order valence-corrected chi connectivity index (χ3v) is 4.17. The topological polar surface area (TPSA) is 17.1 Å². The Morgan fingerprint density at radius 2 is 1.16 bits per heavy atom. The average Bonchev–Trinajstić information content (AvgIpc) is 2.43. The second kappa shape index (κ2) is 15.7. The van der Waals surface area contributed by atoms with Gasteiger partial charge in [-0.2, -0.15) is 0 Å². The van der Waals surface area contributed by atoms with Crippen LogP contribution in [0, 0.1) is 5.92 Å². The lowest BCUT2D eigenvalue weighted by Gasteiger charge is -2.07. The fraction of sp³-hybridized carbons (Fsp3) is 0.944. The lowest BCUT2D eigenvalue weighted by Crippen LogP contribution is -1.91. The van der Waals surface area contributed by atoms with Gasteiger partial charge in [0.05, 0.1) is 0 Å². The largest absolute Gasteiger partial charge is 0.291 e. The number of hydrogen-bond donors (Lipinski definition) is 0. The smallest absolute Gasteiger partial charge is 0.198 e. The maximum absolute atomic E-state index is 10.0. The predicted octanol–water partition coefficient (Wildman–Crippen LogP) is 6.21. The summed E-state index contributed by atoms with van der Waals surface area (Å²) in [6.45, 7) is 4.66. The van der Waals surface area contributed by atoms with Crippen molar-refractivity contribution in [2.24, 2.45) is 5.92 Å². The van der Waals surface area contributed by atoms with Gasteiger partial charge in [-0.05, 0) is 12.3 Å². The molecule has 0 amide bonds. The van der Waals surface area contributed by atoms with E-state index in [0.29, 0.717) is 6.42 Å². The molecular weight excluding hydrogens is 232 g/mol. The number of carbonyl (C=O) groups excluding carboxylic acids is 1. The van der Waals surface area contributed by atoms with E-state index in [1.165, 1.54) is 77.0 Å². The van der Waals surface area contributed by atoms with E-state index in [0.717, 1.165) is 12.3 Å². The van der Waals surface area contributed by atoms with Gasteiger partial charge < -0.3 is 0 Å². The van der Waals surface area contributed by atoms with Gasteiger partial charge in [0.15, 0.2) is 6.29 Å². The number of unbranched alkanes of at least 4 members (excludes halogenated alkanes) is 11. The minimum Gasteiger partial charge on any atom is -0.291 e. The molecule has 0 aromatic heterocycles. The molecular formula is C18H35O. The van der Waals surface area contributed by atoms with Gasteiger partial charge in [-0.3, -0.25) is 4.79 Å². The van der Waals surface area contributed by atoms with Gasteiger partial charge in [0.2, 0.25) is 0 Å². The number of hydrogen-bond acceptors (Lipinski definition) is 1. The van der Waals surface area contributed by atoms with Crippen molar-refractivity contribution in [2.75, 3.05) is 0 Å². The zero-order valence-electron chi connectivity index (χ0n) is 13.4. The molecule has 0 heterocycles. The third kappa shape index (κ3) is 15.6. The molecule has 0 aromatic rings. The number of rotatable bonds is 15. The molecule has 0 aliphatic heterocycles. The second-order valence-electron chi connectivity index (χ2n) is 6.09. The summed E-state index contributed by atoms with van der Waals surface area (Å²) in [5.74, 6) is 0.928. The first kappa shape index (κ1) is 18.7. The highest BCUT2D eigenvalue weighted by Crippen LogP contribution is 2.15. The quantitative estimate of drug-likeness (QED) is 0.322. The molecule has 1 radical (unpaired) electrons. The lowest BCUT2D eigenvalue weighted by atomic mass is 9.99. The Hall–Kier alpha value is -0.330. The molecule has 0 spiro atoms. The van der Waals surface area contributed by atoms with Crippen molar-refractivity contribution >= 4 is 6.29 Å². The first-order valence-corrected chi connectivity index (χ1v) is 8.66. The lowest BCUT2D eigenvalue weighted by molar-refractivity contribution is 0.468. The molecule has 1 heteroatoms. The molecule has 0 fully saturated rings. The van der Waals surface area contributed by atoms with Crippen molar-refractivity contribution in [3.05, 3.63) is 0 Å². The minimum absolute atomic E-state index is 0.636. The predicted molar refractivity (Wildman–Crippen MR) is 85.2 cm³/mol. The molecule has 0 aromatic carbocycles. The van der Waals surface area contributed by atoms with E-state index < -0.39 is 0 Å². The van der Waals surface area contributed by atoms with Crippen LogP contribution in [0.15, 0.2) is 0 Å². The molecule has 0 rings (SSSR count). The zero-order chi connectivity index (χ0) is 14.2. The van der Waals surface area contributed by atoms with Crippen molar-refractivity contribution in [3.8, 4) is 0 Å². The van der Waals surface area contributed by atoms with Crippen molar-refractivity contribution < 1.29 is 4.79 Å². The summed E-state index contributed by atoms with van der Waals surface area (Å²) in [4.78, 5) is 10.0. The summed E-state index contributed by atoms with van der Waals surface area (Å²) < 4.78 is 0. The molecule has 0 saturated carbocycles. The van der Waals surface area contributed by atoms with Crippen LogP contribution in [0.2, 0.25) is 0 Å². The van der Waals surface area contributed by atoms with Crippen molar-refractivity contribution in [1.29, 1.82) is 0 Å². The fourth-order valence-electron chi connectivity index (χ4n) is 2.49. The van der Waals surface area contributed by atoms with Crippen molar-refractivity contribution in [1.82, 2.24) is 0 Å². The van der Waals surface area contributed by atoms with E-state index in [4.69, 9.17) is 0 Å². The Kier molecular flexibility index (Phi) is 15.5. The minimum atomic E-state index is 0.636. The molecule has 19 heavy (non-hydrogen) atoms. The van der Waals surface area contributed by atoms with Gasteiger partial charge in [-0.15, -0.1) is 0 Å². The first-order valence-electron chi connectivity index (χ1n) is 8.66. The van der Waals surface area contributed by atoms with E-state index >= 15 is 0 Å². The highest BCUT2D eigenvalue weighted by atomic mass is 16.1. The van der Waals surface area contributed by atoms with Crippen LogP contribution in [0.1, 0.15) is 104 Å². The van der Waals surface area contributed by atoms with Gasteiger partial charge in [0, 0.05) is 6.42 Å². The van der Waals surface area contributed by atoms with Crippen molar-refractivity contribution in [3.63, 3.8) is 0 Å². The highest BCUT2D eigenvalue weighted by molar-refractivity contribution is 5.50. The molecule has 0 aliphatic carbocycles. The fourth-order valence-corrected chi connectivity index (χ4v) is 2.49. The van der Waals surface area contributed by atoms with E-state index in [1.807, 2.05) is 6.29 Å². The molecule has 0 aliphatic rings. The summed E-state index contributed by atoms with van der Waals surface area (Å²) >= 11 is 0. The van der Waals surface area contributed by atoms with E-state index in [9.17, 15) is 4.79 Å². The Morgan fingerprint density at radius 3 is 1.58 bits per heavy atom. The van der Waals surface area contributed by atoms with Crippen LogP contribution in [0.4, 0.5) is 0 Å². The maximum Gasteiger partial charge on any atom is 0.198 e. The molecule has 0 bridgehead atoms. The summed E-state index contributed by atoms with van der Waals surface area (Å²) in [5, 5.41) is 0. The molecule has 1 atom stereocenters. The maximum atomic E-state index is 10.0. The second-order valence-corrected chi connectivity index (χ2v) is 6.09. The van der Waals surface area contributed by atoms with Crippen LogP contribution in [0.3, 0.4) is 0 Å². The van der Waals surface area contributed by atoms with Crippen LogP contribution in [-0.2, 0) is 4.79 Å². The molecule has 113 valence electrons. The Morgan fingerprint density at radius 1 is 0.737 bits per heavy atom. The van der Waals surface area contributed by atoms with Gasteiger partial charge in [-0.1, -0.05) is 90.9 Å². The SMILES string of the molecule is CCC(C)CCCCCCCCCCCCC[C]=O. The monoisotopic (exact) mass is 267 g/mol. The van der Waals surface area contributed by atoms with Gasteiger partial charge in [-0.25, -0.2) is 0 Å². The summed E-state index contributed by atoms with van der Waals surface area (Å²) in [7, 11) is 0. The third-order valence-electron chi connectivity index (χ3n) is 4.17. The molecule has 1 unspecified atom stereocenters. The van der Waals surface area contributed by atoms with Gasteiger partial charge in [0.1, 0.15) is 0 Å². The Balaban J connectivity index is 2.97.